The molecule has 0 aliphatic heterocycles. The summed E-state index contributed by atoms with van der Waals surface area (Å²) in [5, 5.41) is 18.8. The summed E-state index contributed by atoms with van der Waals surface area (Å²) in [5.74, 6) is -0.192. The van der Waals surface area contributed by atoms with E-state index in [1.165, 1.54) is 0 Å². The molecule has 0 saturated heterocycles. The Kier molecular flexibility index (Phi) is 8.16. The number of carbonyl (C=O) groups is 1. The fourth-order valence-electron chi connectivity index (χ4n) is 2.51. The molecule has 0 saturated carbocycles. The van der Waals surface area contributed by atoms with Crippen molar-refractivity contribution in [2.24, 2.45) is 10.8 Å². The van der Waals surface area contributed by atoms with Gasteiger partial charge in [0, 0.05) is 0 Å². The first-order valence-electron chi connectivity index (χ1n) is 7.77. The Morgan fingerprint density at radius 3 is 1.45 bits per heavy atom. The summed E-state index contributed by atoms with van der Waals surface area (Å²) in [7, 11) is 0. The van der Waals surface area contributed by atoms with E-state index in [2.05, 4.69) is 26.0 Å². The van der Waals surface area contributed by atoms with Crippen molar-refractivity contribution in [1.29, 1.82) is 10.5 Å². The number of hydrogen-bond acceptors (Lipinski definition) is 3. The molecule has 2 unspecified atom stereocenters. The molecule has 0 aliphatic rings. The van der Waals surface area contributed by atoms with Crippen LogP contribution in [0.5, 0.6) is 0 Å². The first-order valence-corrected chi connectivity index (χ1v) is 7.77. The van der Waals surface area contributed by atoms with Crippen LogP contribution in [0.2, 0.25) is 0 Å². The van der Waals surface area contributed by atoms with Crippen LogP contribution in [0.1, 0.15) is 79.1 Å². The predicted molar refractivity (Wildman–Crippen MR) is 80.7 cm³/mol. The Labute approximate surface area is 124 Å². The lowest BCUT2D eigenvalue weighted by Gasteiger charge is -2.29. The Balaban J connectivity index is 4.94. The average Bonchev–Trinajstić information content (AvgIpc) is 2.46. The summed E-state index contributed by atoms with van der Waals surface area (Å²) in [6, 6.07) is 4.33. The zero-order chi connectivity index (χ0) is 15.6. The molecule has 0 rings (SSSR count). The largest absolute Gasteiger partial charge is 0.296 e. The normalized spacial score (nSPS) is 16.5. The molecule has 0 aromatic carbocycles. The maximum Gasteiger partial charge on any atom is 0.172 e. The number of ketones is 1. The SMILES string of the molecule is CCCCCC(C)(C#N)C(=O)C(C)(C#N)CCCCC. The van der Waals surface area contributed by atoms with Gasteiger partial charge in [-0.15, -0.1) is 0 Å². The highest BCUT2D eigenvalue weighted by Gasteiger charge is 2.44. The molecule has 0 heterocycles. The van der Waals surface area contributed by atoms with Crippen molar-refractivity contribution in [1.82, 2.24) is 0 Å². The maximum atomic E-state index is 12.7. The summed E-state index contributed by atoms with van der Waals surface area (Å²) in [6.07, 6.45) is 6.99. The van der Waals surface area contributed by atoms with Gasteiger partial charge >= 0.3 is 0 Å². The minimum Gasteiger partial charge on any atom is -0.296 e. The fraction of sp³-hybridized carbons (Fsp3) is 0.824. The molecule has 0 amide bonds. The molecular formula is C17H28N2O. The van der Waals surface area contributed by atoms with Crippen molar-refractivity contribution in [3.8, 4) is 12.1 Å². The molecule has 3 heteroatoms. The Bertz CT molecular complexity index is 355. The van der Waals surface area contributed by atoms with Gasteiger partial charge in [0.1, 0.15) is 10.8 Å². The molecule has 0 aromatic heterocycles. The van der Waals surface area contributed by atoms with E-state index in [1.807, 2.05) is 0 Å². The van der Waals surface area contributed by atoms with E-state index in [1.54, 1.807) is 13.8 Å². The minimum absolute atomic E-state index is 0.192. The van der Waals surface area contributed by atoms with Crippen LogP contribution >= 0.6 is 0 Å². The minimum atomic E-state index is -1.02. The number of rotatable bonds is 10. The Morgan fingerprint density at radius 1 is 0.850 bits per heavy atom. The van der Waals surface area contributed by atoms with E-state index < -0.39 is 10.8 Å². The summed E-state index contributed by atoms with van der Waals surface area (Å²) >= 11 is 0. The number of nitrogens with zero attached hydrogens (tertiary/aromatic N) is 2. The van der Waals surface area contributed by atoms with Gasteiger partial charge in [-0.3, -0.25) is 4.79 Å². The zero-order valence-electron chi connectivity index (χ0n) is 13.5. The van der Waals surface area contributed by atoms with Gasteiger partial charge in [-0.25, -0.2) is 0 Å². The van der Waals surface area contributed by atoms with Crippen LogP contribution in [0, 0.1) is 33.5 Å². The van der Waals surface area contributed by atoms with Crippen LogP contribution in [-0.4, -0.2) is 5.78 Å². The van der Waals surface area contributed by atoms with Gasteiger partial charge in [-0.1, -0.05) is 52.4 Å². The third kappa shape index (κ3) is 4.97. The van der Waals surface area contributed by atoms with E-state index in [9.17, 15) is 15.3 Å². The molecule has 0 bridgehead atoms. The highest BCUT2D eigenvalue weighted by atomic mass is 16.1. The lowest BCUT2D eigenvalue weighted by molar-refractivity contribution is -0.132. The van der Waals surface area contributed by atoms with Crippen LogP contribution in [0.4, 0.5) is 0 Å². The van der Waals surface area contributed by atoms with Crippen LogP contribution in [0.25, 0.3) is 0 Å². The van der Waals surface area contributed by atoms with E-state index in [4.69, 9.17) is 0 Å². The third-order valence-electron chi connectivity index (χ3n) is 4.06. The second kappa shape index (κ2) is 8.75. The predicted octanol–water partition coefficient (Wildman–Crippen LogP) is 4.78. The molecule has 3 nitrogen and oxygen atoms in total. The van der Waals surface area contributed by atoms with Crippen molar-refractivity contribution in [2.75, 3.05) is 0 Å². The molecule has 0 spiro atoms. The molecule has 20 heavy (non-hydrogen) atoms. The topological polar surface area (TPSA) is 64.7 Å². The first-order chi connectivity index (χ1) is 9.40. The van der Waals surface area contributed by atoms with Crippen molar-refractivity contribution in [3.05, 3.63) is 0 Å². The van der Waals surface area contributed by atoms with Gasteiger partial charge in [0.25, 0.3) is 0 Å². The number of carbonyl (C=O) groups excluding carboxylic acids is 1. The molecule has 0 N–H and O–H groups in total. The van der Waals surface area contributed by atoms with Gasteiger partial charge in [-0.05, 0) is 26.7 Å². The van der Waals surface area contributed by atoms with Crippen LogP contribution in [-0.2, 0) is 4.79 Å². The lowest BCUT2D eigenvalue weighted by Crippen LogP contribution is -2.39. The molecular weight excluding hydrogens is 248 g/mol. The van der Waals surface area contributed by atoms with E-state index in [0.717, 1.165) is 38.5 Å². The summed E-state index contributed by atoms with van der Waals surface area (Å²) in [6.45, 7) is 7.58. The van der Waals surface area contributed by atoms with Crippen molar-refractivity contribution in [3.63, 3.8) is 0 Å². The number of nitriles is 2. The van der Waals surface area contributed by atoms with Gasteiger partial charge in [0.2, 0.25) is 0 Å². The van der Waals surface area contributed by atoms with Gasteiger partial charge in [0.05, 0.1) is 12.1 Å². The van der Waals surface area contributed by atoms with E-state index in [0.29, 0.717) is 12.8 Å². The van der Waals surface area contributed by atoms with E-state index >= 15 is 0 Å². The maximum absolute atomic E-state index is 12.7. The molecule has 0 radical (unpaired) electrons. The van der Waals surface area contributed by atoms with Crippen molar-refractivity contribution < 1.29 is 4.79 Å². The number of unbranched alkanes of at least 4 members (excludes halogenated alkanes) is 4. The van der Waals surface area contributed by atoms with Crippen molar-refractivity contribution in [2.45, 2.75) is 79.1 Å². The standard InChI is InChI=1S/C17H28N2O/c1-5-7-9-11-16(3,13-18)15(20)17(4,14-19)12-10-8-6-2/h5-12H2,1-4H3. The number of Topliss-reactive ketones (excluding diaryl/α,β-unsaturated/α-hetero) is 1. The monoisotopic (exact) mass is 276 g/mol. The third-order valence-corrected chi connectivity index (χ3v) is 4.06. The molecule has 2 atom stereocenters. The van der Waals surface area contributed by atoms with Gasteiger partial charge in [0.15, 0.2) is 5.78 Å². The van der Waals surface area contributed by atoms with Crippen LogP contribution in [0.3, 0.4) is 0 Å². The first kappa shape index (κ1) is 18.7. The average molecular weight is 276 g/mol. The summed E-state index contributed by atoms with van der Waals surface area (Å²) in [5.41, 5.74) is -2.04. The molecule has 112 valence electrons. The molecule has 0 fully saturated rings. The second-order valence-electron chi connectivity index (χ2n) is 6.13. The Hall–Kier alpha value is -1.35. The quantitative estimate of drug-likeness (QED) is 0.539. The van der Waals surface area contributed by atoms with Gasteiger partial charge in [-0.2, -0.15) is 10.5 Å². The van der Waals surface area contributed by atoms with Crippen molar-refractivity contribution >= 4 is 5.78 Å². The number of hydrogen-bond donors (Lipinski definition) is 0. The highest BCUT2D eigenvalue weighted by molar-refractivity contribution is 5.94. The lowest BCUT2D eigenvalue weighted by atomic mass is 9.68. The van der Waals surface area contributed by atoms with Crippen LogP contribution < -0.4 is 0 Å². The second-order valence-corrected chi connectivity index (χ2v) is 6.13. The van der Waals surface area contributed by atoms with Gasteiger partial charge < -0.3 is 0 Å². The fourth-order valence-corrected chi connectivity index (χ4v) is 2.51. The zero-order valence-corrected chi connectivity index (χ0v) is 13.5. The summed E-state index contributed by atoms with van der Waals surface area (Å²) < 4.78 is 0. The highest BCUT2D eigenvalue weighted by Crippen LogP contribution is 2.37. The molecule has 0 aliphatic carbocycles. The molecule has 0 aromatic rings. The smallest absolute Gasteiger partial charge is 0.172 e. The Morgan fingerprint density at radius 2 is 1.20 bits per heavy atom. The van der Waals surface area contributed by atoms with E-state index in [-0.39, 0.29) is 5.78 Å². The summed E-state index contributed by atoms with van der Waals surface area (Å²) in [4.78, 5) is 12.7. The van der Waals surface area contributed by atoms with Crippen LogP contribution in [0.15, 0.2) is 0 Å².